The van der Waals surface area contributed by atoms with Crippen LogP contribution in [0.1, 0.15) is 37.7 Å². The van der Waals surface area contributed by atoms with Gasteiger partial charge < -0.3 is 5.32 Å². The second-order valence-corrected chi connectivity index (χ2v) is 5.41. The molecule has 1 saturated carbocycles. The zero-order valence-electron chi connectivity index (χ0n) is 9.54. The van der Waals surface area contributed by atoms with E-state index in [9.17, 15) is 0 Å². The smallest absolute Gasteiger partial charge is 0.0133 e. The number of thiophene rings is 1. The van der Waals surface area contributed by atoms with Crippen LogP contribution in [0.15, 0.2) is 16.8 Å². The Morgan fingerprint density at radius 2 is 2.20 bits per heavy atom. The fraction of sp³-hybridized carbons (Fsp3) is 0.692. The Morgan fingerprint density at radius 1 is 1.40 bits per heavy atom. The van der Waals surface area contributed by atoms with Crippen molar-refractivity contribution in [3.05, 3.63) is 22.4 Å². The van der Waals surface area contributed by atoms with Crippen LogP contribution in [0.25, 0.3) is 0 Å². The van der Waals surface area contributed by atoms with Gasteiger partial charge in [0.05, 0.1) is 0 Å². The van der Waals surface area contributed by atoms with Crippen LogP contribution in [0.5, 0.6) is 0 Å². The van der Waals surface area contributed by atoms with Crippen molar-refractivity contribution < 1.29 is 0 Å². The maximum Gasteiger partial charge on any atom is 0.0133 e. The third-order valence-corrected chi connectivity index (χ3v) is 4.36. The van der Waals surface area contributed by atoms with Gasteiger partial charge in [-0.15, -0.1) is 0 Å². The maximum atomic E-state index is 3.51. The summed E-state index contributed by atoms with van der Waals surface area (Å²) in [4.78, 5) is 0. The molecule has 0 aliphatic heterocycles. The largest absolute Gasteiger partial charge is 0.316 e. The first-order valence-electron chi connectivity index (χ1n) is 6.08. The van der Waals surface area contributed by atoms with Gasteiger partial charge >= 0.3 is 0 Å². The highest BCUT2D eigenvalue weighted by Crippen LogP contribution is 2.28. The molecule has 84 valence electrons. The van der Waals surface area contributed by atoms with Gasteiger partial charge in [0.15, 0.2) is 0 Å². The molecule has 1 unspecified atom stereocenters. The Kier molecular flexibility index (Phi) is 4.21. The van der Waals surface area contributed by atoms with Gasteiger partial charge in [-0.25, -0.2) is 0 Å². The molecule has 0 bridgehead atoms. The quantitative estimate of drug-likeness (QED) is 0.824. The first-order valence-corrected chi connectivity index (χ1v) is 7.03. The highest BCUT2D eigenvalue weighted by Gasteiger charge is 2.22. The van der Waals surface area contributed by atoms with E-state index in [0.29, 0.717) is 6.04 Å². The summed E-state index contributed by atoms with van der Waals surface area (Å²) in [6, 6.07) is 2.96. The molecule has 1 aliphatic carbocycles. The number of likely N-dealkylation sites (N-methyl/N-ethyl adjacent to an activating group) is 1. The summed E-state index contributed by atoms with van der Waals surface area (Å²) in [6.07, 6.45) is 8.39. The Bertz CT molecular complexity index is 262. The summed E-state index contributed by atoms with van der Waals surface area (Å²) >= 11 is 1.81. The molecule has 1 aliphatic rings. The molecule has 0 spiro atoms. The van der Waals surface area contributed by atoms with Gasteiger partial charge in [0.25, 0.3) is 0 Å². The summed E-state index contributed by atoms with van der Waals surface area (Å²) in [7, 11) is 2.12. The van der Waals surface area contributed by atoms with Crippen molar-refractivity contribution in [1.29, 1.82) is 0 Å². The van der Waals surface area contributed by atoms with Crippen molar-refractivity contribution in [2.75, 3.05) is 7.05 Å². The molecule has 1 atom stereocenters. The third-order valence-electron chi connectivity index (χ3n) is 3.63. The van der Waals surface area contributed by atoms with E-state index < -0.39 is 0 Å². The van der Waals surface area contributed by atoms with Crippen LogP contribution in [0, 0.1) is 5.92 Å². The molecule has 2 heteroatoms. The Balaban J connectivity index is 1.91. The number of hydrogen-bond acceptors (Lipinski definition) is 2. The molecule has 1 aromatic rings. The minimum atomic E-state index is 0.694. The Morgan fingerprint density at radius 3 is 2.80 bits per heavy atom. The normalized spacial score (nSPS) is 20.3. The van der Waals surface area contributed by atoms with E-state index in [1.165, 1.54) is 44.1 Å². The second-order valence-electron chi connectivity index (χ2n) is 4.63. The molecule has 2 rings (SSSR count). The van der Waals surface area contributed by atoms with Crippen LogP contribution >= 0.6 is 11.3 Å². The summed E-state index contributed by atoms with van der Waals surface area (Å²) in [5, 5.41) is 7.98. The zero-order valence-corrected chi connectivity index (χ0v) is 10.4. The van der Waals surface area contributed by atoms with Crippen molar-refractivity contribution >= 4 is 11.3 Å². The first-order chi connectivity index (χ1) is 7.40. The van der Waals surface area contributed by atoms with Crippen LogP contribution < -0.4 is 5.32 Å². The van der Waals surface area contributed by atoms with Gasteiger partial charge in [0.2, 0.25) is 0 Å². The van der Waals surface area contributed by atoms with Gasteiger partial charge in [0.1, 0.15) is 0 Å². The topological polar surface area (TPSA) is 12.0 Å². The monoisotopic (exact) mass is 223 g/mol. The lowest BCUT2D eigenvalue weighted by atomic mass is 9.82. The lowest BCUT2D eigenvalue weighted by Gasteiger charge is -2.29. The second kappa shape index (κ2) is 5.66. The van der Waals surface area contributed by atoms with E-state index in [2.05, 4.69) is 29.2 Å². The molecule has 1 N–H and O–H groups in total. The predicted octanol–water partition coefficient (Wildman–Crippen LogP) is 3.46. The first kappa shape index (κ1) is 11.2. The summed E-state index contributed by atoms with van der Waals surface area (Å²) in [5.41, 5.74) is 1.50. The molecule has 1 heterocycles. The standard InChI is InChI=1S/C13H21NS/c1-14-13(9-11-7-8-15-10-11)12-5-3-2-4-6-12/h7-8,10,12-14H,2-6,9H2,1H3. The highest BCUT2D eigenvalue weighted by molar-refractivity contribution is 7.07. The van der Waals surface area contributed by atoms with E-state index in [0.717, 1.165) is 5.92 Å². The SMILES string of the molecule is CNC(Cc1ccsc1)C1CCCCC1. The van der Waals surface area contributed by atoms with Crippen LogP contribution in [-0.2, 0) is 6.42 Å². The Hall–Kier alpha value is -0.340. The molecule has 0 amide bonds. The fourth-order valence-corrected chi connectivity index (χ4v) is 3.39. The summed E-state index contributed by atoms with van der Waals surface area (Å²) in [6.45, 7) is 0. The number of nitrogens with one attached hydrogen (secondary N) is 1. The Labute approximate surface area is 96.9 Å². The average Bonchev–Trinajstić information content (AvgIpc) is 2.80. The third kappa shape index (κ3) is 3.05. The molecule has 0 saturated heterocycles. The fourth-order valence-electron chi connectivity index (χ4n) is 2.70. The van der Waals surface area contributed by atoms with Crippen molar-refractivity contribution in [3.63, 3.8) is 0 Å². The van der Waals surface area contributed by atoms with Gasteiger partial charge in [-0.1, -0.05) is 19.3 Å². The molecular formula is C13H21NS. The van der Waals surface area contributed by atoms with Gasteiger partial charge in [-0.3, -0.25) is 0 Å². The van der Waals surface area contributed by atoms with Gasteiger partial charge in [0, 0.05) is 6.04 Å². The van der Waals surface area contributed by atoms with Crippen LogP contribution in [0.2, 0.25) is 0 Å². The van der Waals surface area contributed by atoms with E-state index in [4.69, 9.17) is 0 Å². The molecule has 1 aromatic heterocycles. The van der Waals surface area contributed by atoms with Crippen molar-refractivity contribution in [1.82, 2.24) is 5.32 Å². The van der Waals surface area contributed by atoms with Crippen molar-refractivity contribution in [2.24, 2.45) is 5.92 Å². The zero-order chi connectivity index (χ0) is 10.5. The molecule has 0 radical (unpaired) electrons. The van der Waals surface area contributed by atoms with E-state index in [-0.39, 0.29) is 0 Å². The summed E-state index contributed by atoms with van der Waals surface area (Å²) < 4.78 is 0. The molecule has 1 fully saturated rings. The van der Waals surface area contributed by atoms with Crippen LogP contribution in [0.4, 0.5) is 0 Å². The predicted molar refractivity (Wildman–Crippen MR) is 67.4 cm³/mol. The molecule has 0 aromatic carbocycles. The van der Waals surface area contributed by atoms with Crippen molar-refractivity contribution in [2.45, 2.75) is 44.6 Å². The molecule has 15 heavy (non-hydrogen) atoms. The van der Waals surface area contributed by atoms with Gasteiger partial charge in [-0.2, -0.15) is 11.3 Å². The number of rotatable bonds is 4. The van der Waals surface area contributed by atoms with E-state index in [1.54, 1.807) is 0 Å². The maximum absolute atomic E-state index is 3.51. The highest BCUT2D eigenvalue weighted by atomic mass is 32.1. The lowest BCUT2D eigenvalue weighted by molar-refractivity contribution is 0.277. The van der Waals surface area contributed by atoms with Crippen LogP contribution in [0.3, 0.4) is 0 Å². The average molecular weight is 223 g/mol. The molecule has 1 nitrogen and oxygen atoms in total. The van der Waals surface area contributed by atoms with Crippen molar-refractivity contribution in [3.8, 4) is 0 Å². The van der Waals surface area contributed by atoms with Gasteiger partial charge in [-0.05, 0) is 54.6 Å². The molecular weight excluding hydrogens is 202 g/mol. The van der Waals surface area contributed by atoms with E-state index in [1.807, 2.05) is 11.3 Å². The minimum absolute atomic E-state index is 0.694. The van der Waals surface area contributed by atoms with E-state index >= 15 is 0 Å². The minimum Gasteiger partial charge on any atom is -0.316 e. The van der Waals surface area contributed by atoms with Crippen LogP contribution in [-0.4, -0.2) is 13.1 Å². The number of hydrogen-bond donors (Lipinski definition) is 1. The lowest BCUT2D eigenvalue weighted by Crippen LogP contribution is -2.36. The summed E-state index contributed by atoms with van der Waals surface area (Å²) in [5.74, 6) is 0.906.